The second-order valence-electron chi connectivity index (χ2n) is 3.99. The first-order chi connectivity index (χ1) is 9.25. The third-order valence-corrected chi connectivity index (χ3v) is 2.73. The Bertz CT molecular complexity index is 664. The lowest BCUT2D eigenvalue weighted by molar-refractivity contribution is 0.432. The lowest BCUT2D eigenvalue weighted by Crippen LogP contribution is -1.89. The van der Waals surface area contributed by atoms with Gasteiger partial charge in [-0.3, -0.25) is 0 Å². The molecule has 2 aromatic carbocycles. The van der Waals surface area contributed by atoms with Gasteiger partial charge in [-0.05, 0) is 24.3 Å². The molecule has 3 aromatic rings. The Morgan fingerprint density at radius 3 is 2.37 bits per heavy atom. The van der Waals surface area contributed by atoms with Crippen molar-refractivity contribution < 1.29 is 8.91 Å². The first kappa shape index (κ1) is 11.4. The molecule has 0 amide bonds. The van der Waals surface area contributed by atoms with E-state index in [0.29, 0.717) is 16.8 Å². The van der Waals surface area contributed by atoms with Crippen molar-refractivity contribution in [2.45, 2.75) is 0 Å². The van der Waals surface area contributed by atoms with Crippen LogP contribution in [0.4, 0.5) is 10.1 Å². The number of aromatic nitrogens is 2. The highest BCUT2D eigenvalue weighted by Gasteiger charge is 2.14. The molecule has 19 heavy (non-hydrogen) atoms. The van der Waals surface area contributed by atoms with Gasteiger partial charge in [-0.1, -0.05) is 29.4 Å². The Balaban J connectivity index is 2.06. The van der Waals surface area contributed by atoms with Crippen LogP contribution in [0.15, 0.2) is 53.1 Å². The van der Waals surface area contributed by atoms with Gasteiger partial charge in [0.25, 0.3) is 5.89 Å². The predicted octanol–water partition coefficient (Wildman–Crippen LogP) is 3.12. The average Bonchev–Trinajstić information content (AvgIpc) is 2.89. The van der Waals surface area contributed by atoms with E-state index < -0.39 is 5.82 Å². The van der Waals surface area contributed by atoms with Crippen molar-refractivity contribution in [3.63, 3.8) is 0 Å². The van der Waals surface area contributed by atoms with Crippen LogP contribution in [-0.2, 0) is 0 Å². The van der Waals surface area contributed by atoms with Gasteiger partial charge in [-0.25, -0.2) is 4.39 Å². The highest BCUT2D eigenvalue weighted by atomic mass is 19.1. The van der Waals surface area contributed by atoms with Gasteiger partial charge in [0.2, 0.25) is 5.82 Å². The zero-order chi connectivity index (χ0) is 13.2. The highest BCUT2D eigenvalue weighted by molar-refractivity contribution is 5.71. The third-order valence-electron chi connectivity index (χ3n) is 2.73. The van der Waals surface area contributed by atoms with Crippen LogP contribution in [0.3, 0.4) is 0 Å². The number of nitrogens with zero attached hydrogens (tertiary/aromatic N) is 2. The zero-order valence-corrected chi connectivity index (χ0v) is 9.88. The molecule has 0 atom stereocenters. The van der Waals surface area contributed by atoms with E-state index in [9.17, 15) is 4.39 Å². The van der Waals surface area contributed by atoms with Gasteiger partial charge in [0.1, 0.15) is 5.82 Å². The lowest BCUT2D eigenvalue weighted by Gasteiger charge is -1.98. The van der Waals surface area contributed by atoms with Gasteiger partial charge < -0.3 is 10.3 Å². The maximum absolute atomic E-state index is 13.6. The summed E-state index contributed by atoms with van der Waals surface area (Å²) < 4.78 is 18.8. The van der Waals surface area contributed by atoms with Crippen LogP contribution in [0.25, 0.3) is 22.8 Å². The molecular weight excluding hydrogens is 245 g/mol. The molecule has 0 bridgehead atoms. The molecule has 0 spiro atoms. The smallest absolute Gasteiger partial charge is 0.260 e. The Morgan fingerprint density at radius 1 is 0.947 bits per heavy atom. The van der Waals surface area contributed by atoms with E-state index >= 15 is 0 Å². The second kappa shape index (κ2) is 4.53. The quantitative estimate of drug-likeness (QED) is 0.714. The van der Waals surface area contributed by atoms with Crippen LogP contribution in [0.2, 0.25) is 0 Å². The summed E-state index contributed by atoms with van der Waals surface area (Å²) in [6.07, 6.45) is 0. The van der Waals surface area contributed by atoms with Crippen molar-refractivity contribution in [1.82, 2.24) is 10.1 Å². The second-order valence-corrected chi connectivity index (χ2v) is 3.99. The molecule has 4 nitrogen and oxygen atoms in total. The predicted molar refractivity (Wildman–Crippen MR) is 69.5 cm³/mol. The molecule has 94 valence electrons. The van der Waals surface area contributed by atoms with Crippen molar-refractivity contribution >= 4 is 5.69 Å². The Hall–Kier alpha value is -2.69. The van der Waals surface area contributed by atoms with Gasteiger partial charge in [0.05, 0.1) is 11.1 Å². The molecule has 0 saturated heterocycles. The van der Waals surface area contributed by atoms with E-state index in [4.69, 9.17) is 10.3 Å². The molecule has 1 aromatic heterocycles. The summed E-state index contributed by atoms with van der Waals surface area (Å²) in [6.45, 7) is 0. The Kier molecular flexibility index (Phi) is 2.72. The van der Waals surface area contributed by atoms with E-state index in [1.54, 1.807) is 30.3 Å². The fraction of sp³-hybridized carbons (Fsp3) is 0. The molecule has 1 heterocycles. The van der Waals surface area contributed by atoms with Gasteiger partial charge in [0.15, 0.2) is 0 Å². The van der Waals surface area contributed by atoms with Gasteiger partial charge in [-0.2, -0.15) is 4.98 Å². The zero-order valence-electron chi connectivity index (χ0n) is 9.88. The lowest BCUT2D eigenvalue weighted by atomic mass is 10.2. The monoisotopic (exact) mass is 255 g/mol. The molecule has 3 rings (SSSR count). The minimum absolute atomic E-state index is 0.205. The standard InChI is InChI=1S/C14H10FN3O/c15-11-7-3-1-5-9(11)13-17-14(19-18-13)10-6-2-4-8-12(10)16/h1-8H,16H2. The number of anilines is 1. The molecule has 0 unspecified atom stereocenters. The molecule has 0 aliphatic rings. The van der Waals surface area contributed by atoms with Gasteiger partial charge in [0, 0.05) is 5.69 Å². The van der Waals surface area contributed by atoms with E-state index in [1.807, 2.05) is 12.1 Å². The Morgan fingerprint density at radius 2 is 1.63 bits per heavy atom. The number of nitrogen functional groups attached to an aromatic ring is 1. The molecular formula is C14H10FN3O. The molecule has 5 heteroatoms. The van der Waals surface area contributed by atoms with Crippen molar-refractivity contribution in [3.8, 4) is 22.8 Å². The molecule has 2 N–H and O–H groups in total. The number of rotatable bonds is 2. The summed E-state index contributed by atoms with van der Waals surface area (Å²) in [5.74, 6) is 0.0867. The number of hydrogen-bond acceptors (Lipinski definition) is 4. The van der Waals surface area contributed by atoms with Crippen LogP contribution >= 0.6 is 0 Å². The largest absolute Gasteiger partial charge is 0.398 e. The van der Waals surface area contributed by atoms with Crippen LogP contribution in [0.5, 0.6) is 0 Å². The van der Waals surface area contributed by atoms with Gasteiger partial charge >= 0.3 is 0 Å². The van der Waals surface area contributed by atoms with Crippen LogP contribution < -0.4 is 5.73 Å². The van der Waals surface area contributed by atoms with Crippen LogP contribution in [0, 0.1) is 5.82 Å². The summed E-state index contributed by atoms with van der Waals surface area (Å²) in [4.78, 5) is 4.17. The van der Waals surface area contributed by atoms with Crippen molar-refractivity contribution in [3.05, 3.63) is 54.3 Å². The van der Waals surface area contributed by atoms with Crippen molar-refractivity contribution in [2.75, 3.05) is 5.73 Å². The normalized spacial score (nSPS) is 10.6. The number of halogens is 1. The summed E-state index contributed by atoms with van der Waals surface area (Å²) in [5.41, 5.74) is 7.30. The number of benzene rings is 2. The number of para-hydroxylation sites is 1. The van der Waals surface area contributed by atoms with Crippen LogP contribution in [0.1, 0.15) is 0 Å². The van der Waals surface area contributed by atoms with Crippen molar-refractivity contribution in [2.24, 2.45) is 0 Å². The number of hydrogen-bond donors (Lipinski definition) is 1. The molecule has 0 fully saturated rings. The van der Waals surface area contributed by atoms with E-state index in [0.717, 1.165) is 0 Å². The minimum atomic E-state index is -0.393. The summed E-state index contributed by atoms with van der Waals surface area (Å²) in [7, 11) is 0. The molecule has 0 saturated carbocycles. The van der Waals surface area contributed by atoms with Crippen LogP contribution in [-0.4, -0.2) is 10.1 Å². The summed E-state index contributed by atoms with van der Waals surface area (Å²) in [6, 6.07) is 13.4. The van der Waals surface area contributed by atoms with E-state index in [2.05, 4.69) is 10.1 Å². The van der Waals surface area contributed by atoms with E-state index in [1.165, 1.54) is 6.07 Å². The number of nitrogens with two attached hydrogens (primary N) is 1. The maximum Gasteiger partial charge on any atom is 0.260 e. The topological polar surface area (TPSA) is 64.9 Å². The van der Waals surface area contributed by atoms with Gasteiger partial charge in [-0.15, -0.1) is 0 Å². The highest BCUT2D eigenvalue weighted by Crippen LogP contribution is 2.27. The minimum Gasteiger partial charge on any atom is -0.398 e. The van der Waals surface area contributed by atoms with Crippen molar-refractivity contribution in [1.29, 1.82) is 0 Å². The third kappa shape index (κ3) is 2.06. The van der Waals surface area contributed by atoms with E-state index in [-0.39, 0.29) is 11.7 Å². The molecule has 0 radical (unpaired) electrons. The fourth-order valence-electron chi connectivity index (χ4n) is 1.78. The average molecular weight is 255 g/mol. The summed E-state index contributed by atoms with van der Waals surface area (Å²) in [5, 5.41) is 3.78. The maximum atomic E-state index is 13.6. The fourth-order valence-corrected chi connectivity index (χ4v) is 1.78. The summed E-state index contributed by atoms with van der Waals surface area (Å²) >= 11 is 0. The first-order valence-corrected chi connectivity index (χ1v) is 5.69. The molecule has 0 aliphatic heterocycles. The first-order valence-electron chi connectivity index (χ1n) is 5.69. The SMILES string of the molecule is Nc1ccccc1-c1nc(-c2ccccc2F)no1. The molecule has 0 aliphatic carbocycles. The Labute approximate surface area is 108 Å².